The van der Waals surface area contributed by atoms with E-state index in [0.717, 1.165) is 0 Å². The van der Waals surface area contributed by atoms with Crippen LogP contribution in [-0.2, 0) is 4.79 Å². The summed E-state index contributed by atoms with van der Waals surface area (Å²) in [4.78, 5) is 25.2. The molecular formula is C16H16F2N2O3. The summed E-state index contributed by atoms with van der Waals surface area (Å²) in [5.74, 6) is -2.53. The number of hydrogen-bond donors (Lipinski definition) is 2. The highest BCUT2D eigenvalue weighted by atomic mass is 19.1. The van der Waals surface area contributed by atoms with Crippen LogP contribution in [0.25, 0.3) is 0 Å². The van der Waals surface area contributed by atoms with Crippen molar-refractivity contribution in [2.24, 2.45) is 0 Å². The average molecular weight is 322 g/mol. The molecule has 0 amide bonds. The summed E-state index contributed by atoms with van der Waals surface area (Å²) in [7, 11) is 0. The number of hydrogen-bond acceptors (Lipinski definition) is 4. The van der Waals surface area contributed by atoms with Gasteiger partial charge in [0.25, 0.3) is 0 Å². The van der Waals surface area contributed by atoms with E-state index < -0.39 is 36.2 Å². The first-order chi connectivity index (χ1) is 10.7. The van der Waals surface area contributed by atoms with Crippen molar-refractivity contribution in [2.45, 2.75) is 38.9 Å². The number of alkyl halides is 1. The maximum Gasteiger partial charge on any atom is 0.333 e. The van der Waals surface area contributed by atoms with E-state index in [1.165, 1.54) is 18.0 Å². The normalized spacial score (nSPS) is 23.2. The zero-order valence-electron chi connectivity index (χ0n) is 12.7. The summed E-state index contributed by atoms with van der Waals surface area (Å²) in [5, 5.41) is 9.25. The van der Waals surface area contributed by atoms with Crippen molar-refractivity contribution in [2.75, 3.05) is 10.6 Å². The Bertz CT molecular complexity index is 773. The van der Waals surface area contributed by atoms with E-state index in [1.54, 1.807) is 6.92 Å². The second-order valence-electron chi connectivity index (χ2n) is 5.99. The molecule has 3 rings (SSSR count). The molecule has 5 nitrogen and oxygen atoms in total. The van der Waals surface area contributed by atoms with Gasteiger partial charge in [0.05, 0.1) is 28.6 Å². The van der Waals surface area contributed by atoms with Crippen LogP contribution in [0.1, 0.15) is 34.3 Å². The monoisotopic (exact) mass is 322 g/mol. The molecule has 0 radical (unpaired) electrons. The zero-order chi connectivity index (χ0) is 17.0. The van der Waals surface area contributed by atoms with Gasteiger partial charge in [0.15, 0.2) is 5.78 Å². The number of halogens is 2. The molecule has 0 spiro atoms. The topological polar surface area (TPSA) is 83.6 Å². The Morgan fingerprint density at radius 3 is 2.52 bits per heavy atom. The molecule has 0 saturated heterocycles. The van der Waals surface area contributed by atoms with E-state index in [4.69, 9.17) is 5.73 Å². The summed E-state index contributed by atoms with van der Waals surface area (Å²) in [6, 6.07) is -0.558. The van der Waals surface area contributed by atoms with Crippen LogP contribution in [0.5, 0.6) is 0 Å². The molecule has 1 aromatic rings. The molecule has 7 heteroatoms. The summed E-state index contributed by atoms with van der Waals surface area (Å²) in [5.41, 5.74) is 6.29. The van der Waals surface area contributed by atoms with Gasteiger partial charge in [-0.2, -0.15) is 0 Å². The first-order valence-electron chi connectivity index (χ1n) is 7.21. The molecule has 1 fully saturated rings. The van der Waals surface area contributed by atoms with Crippen molar-refractivity contribution in [1.29, 1.82) is 0 Å². The molecule has 1 unspecified atom stereocenters. The number of fused-ring (bicyclic) bond motifs is 1. The number of rotatable bonds is 2. The number of nitrogens with zero attached hydrogens (tertiary/aromatic N) is 1. The van der Waals surface area contributed by atoms with Crippen molar-refractivity contribution in [3.8, 4) is 0 Å². The summed E-state index contributed by atoms with van der Waals surface area (Å²) in [6.45, 7) is 3.14. The van der Waals surface area contributed by atoms with E-state index in [-0.39, 0.29) is 28.8 Å². The van der Waals surface area contributed by atoms with Crippen LogP contribution in [0.15, 0.2) is 11.8 Å². The average Bonchev–Trinajstić information content (AvgIpc) is 3.23. The molecule has 122 valence electrons. The molecule has 0 bridgehead atoms. The Morgan fingerprint density at radius 2 is 2.00 bits per heavy atom. The Balaban J connectivity index is 2.30. The number of nitrogen functional groups attached to an aromatic ring is 1. The number of ketones is 1. The molecule has 1 heterocycles. The standard InChI is InChI=1S/C16H16F2N2O3/c1-6-7(2)15-12(14(19)13(6)18)11(21)3-8(16(22)23)5-20(15)10-4-9(10)17/h5,9-10H,3-4,19H2,1-2H3,(H,22,23)/t9?,10-/m1/s1. The lowest BCUT2D eigenvalue weighted by atomic mass is 9.95. The number of carboxylic acid groups (broad SMARTS) is 1. The number of nitrogens with two attached hydrogens (primary N) is 1. The molecule has 1 aliphatic heterocycles. The van der Waals surface area contributed by atoms with Gasteiger partial charge in [0, 0.05) is 19.0 Å². The third-order valence-corrected chi connectivity index (χ3v) is 4.49. The number of carbonyl (C=O) groups excluding carboxylic acids is 1. The Hall–Kier alpha value is -2.44. The third-order valence-electron chi connectivity index (χ3n) is 4.49. The largest absolute Gasteiger partial charge is 0.478 e. The minimum atomic E-state index is -1.26. The minimum Gasteiger partial charge on any atom is -0.478 e. The van der Waals surface area contributed by atoms with Crippen LogP contribution >= 0.6 is 0 Å². The summed E-state index contributed by atoms with van der Waals surface area (Å²) < 4.78 is 27.9. The Kier molecular flexibility index (Phi) is 3.39. The van der Waals surface area contributed by atoms with Gasteiger partial charge in [-0.05, 0) is 25.0 Å². The maximum absolute atomic E-state index is 14.3. The van der Waals surface area contributed by atoms with Crippen LogP contribution in [0.2, 0.25) is 0 Å². The highest BCUT2D eigenvalue weighted by Gasteiger charge is 2.45. The third kappa shape index (κ3) is 2.27. The van der Waals surface area contributed by atoms with E-state index in [1.807, 2.05) is 0 Å². The lowest BCUT2D eigenvalue weighted by molar-refractivity contribution is -0.132. The first kappa shape index (κ1) is 15.5. The fourth-order valence-corrected chi connectivity index (χ4v) is 2.95. The van der Waals surface area contributed by atoms with Gasteiger partial charge in [-0.15, -0.1) is 0 Å². The molecule has 23 heavy (non-hydrogen) atoms. The molecule has 3 N–H and O–H groups in total. The molecule has 2 atom stereocenters. The molecule has 2 aliphatic rings. The minimum absolute atomic E-state index is 0.0581. The smallest absolute Gasteiger partial charge is 0.333 e. The Morgan fingerprint density at radius 1 is 1.39 bits per heavy atom. The predicted octanol–water partition coefficient (Wildman–Crippen LogP) is 2.50. The molecule has 1 aromatic carbocycles. The molecule has 1 saturated carbocycles. The quantitative estimate of drug-likeness (QED) is 0.817. The van der Waals surface area contributed by atoms with Gasteiger partial charge in [-0.3, -0.25) is 4.79 Å². The van der Waals surface area contributed by atoms with Crippen molar-refractivity contribution in [1.82, 2.24) is 0 Å². The summed E-state index contributed by atoms with van der Waals surface area (Å²) in [6.07, 6.45) is -0.0185. The number of Topliss-reactive ketones (excluding diaryl/α,β-unsaturated/α-hetero) is 1. The number of benzene rings is 1. The van der Waals surface area contributed by atoms with Gasteiger partial charge in [0.1, 0.15) is 12.0 Å². The Labute approximate surface area is 131 Å². The number of aliphatic carboxylic acids is 1. The second kappa shape index (κ2) is 5.04. The van der Waals surface area contributed by atoms with Crippen molar-refractivity contribution < 1.29 is 23.5 Å². The van der Waals surface area contributed by atoms with Crippen LogP contribution < -0.4 is 10.6 Å². The zero-order valence-corrected chi connectivity index (χ0v) is 12.7. The fraction of sp³-hybridized carbons (Fsp3) is 0.375. The lowest BCUT2D eigenvalue weighted by Gasteiger charge is -2.26. The first-order valence-corrected chi connectivity index (χ1v) is 7.21. The van der Waals surface area contributed by atoms with Crippen LogP contribution in [0.4, 0.5) is 20.2 Å². The van der Waals surface area contributed by atoms with Crippen molar-refractivity contribution >= 4 is 23.1 Å². The van der Waals surface area contributed by atoms with Gasteiger partial charge >= 0.3 is 5.97 Å². The SMILES string of the molecule is Cc1c(C)c2c(c(N)c1F)C(=O)CC(C(=O)O)=CN2[C@@H]1CC1F. The maximum atomic E-state index is 14.3. The number of carboxylic acids is 1. The highest BCUT2D eigenvalue weighted by molar-refractivity contribution is 6.12. The van der Waals surface area contributed by atoms with E-state index in [2.05, 4.69) is 0 Å². The van der Waals surface area contributed by atoms with E-state index in [0.29, 0.717) is 11.3 Å². The van der Waals surface area contributed by atoms with Gasteiger partial charge < -0.3 is 15.7 Å². The van der Waals surface area contributed by atoms with Crippen LogP contribution in [-0.4, -0.2) is 29.1 Å². The van der Waals surface area contributed by atoms with Crippen molar-refractivity contribution in [3.05, 3.63) is 34.3 Å². The molecular weight excluding hydrogens is 306 g/mol. The molecule has 1 aliphatic carbocycles. The molecule has 0 aromatic heterocycles. The lowest BCUT2D eigenvalue weighted by Crippen LogP contribution is -2.25. The van der Waals surface area contributed by atoms with Gasteiger partial charge in [0.2, 0.25) is 0 Å². The highest BCUT2D eigenvalue weighted by Crippen LogP contribution is 2.44. The van der Waals surface area contributed by atoms with Crippen LogP contribution in [0.3, 0.4) is 0 Å². The van der Waals surface area contributed by atoms with E-state index in [9.17, 15) is 23.5 Å². The summed E-state index contributed by atoms with van der Waals surface area (Å²) >= 11 is 0. The second-order valence-corrected chi connectivity index (χ2v) is 5.99. The number of anilines is 2. The number of carbonyl (C=O) groups is 2. The van der Waals surface area contributed by atoms with Crippen LogP contribution in [0, 0.1) is 19.7 Å². The fourth-order valence-electron chi connectivity index (χ4n) is 2.95. The van der Waals surface area contributed by atoms with Gasteiger partial charge in [-0.25, -0.2) is 13.6 Å². The van der Waals surface area contributed by atoms with E-state index >= 15 is 0 Å². The van der Waals surface area contributed by atoms with Crippen molar-refractivity contribution in [3.63, 3.8) is 0 Å². The van der Waals surface area contributed by atoms with Gasteiger partial charge in [-0.1, -0.05) is 0 Å². The predicted molar refractivity (Wildman–Crippen MR) is 80.7 cm³/mol.